The van der Waals surface area contributed by atoms with Crippen LogP contribution >= 0.6 is 11.9 Å². The Labute approximate surface area is 192 Å². The number of likely N-dealkylation sites (N-methyl/N-ethyl adjacent to an activating group) is 1. The highest BCUT2D eigenvalue weighted by Crippen LogP contribution is 2.30. The summed E-state index contributed by atoms with van der Waals surface area (Å²) < 4.78 is 2.40. The topological polar surface area (TPSA) is 6.48 Å². The molecule has 0 radical (unpaired) electrons. The molecule has 0 N–H and O–H groups in total. The summed E-state index contributed by atoms with van der Waals surface area (Å²) in [5.41, 5.74) is 2.98. The first-order valence-corrected chi connectivity index (χ1v) is 12.3. The Bertz CT molecular complexity index is 877. The third kappa shape index (κ3) is 6.70. The van der Waals surface area contributed by atoms with Crippen molar-refractivity contribution in [3.8, 4) is 0 Å². The van der Waals surface area contributed by atoms with Gasteiger partial charge in [-0.05, 0) is 93.0 Å². The zero-order valence-corrected chi connectivity index (χ0v) is 19.4. The lowest BCUT2D eigenvalue weighted by Gasteiger charge is -2.33. The Balaban J connectivity index is 1.31. The van der Waals surface area contributed by atoms with Crippen molar-refractivity contribution in [2.75, 3.05) is 33.2 Å². The van der Waals surface area contributed by atoms with Crippen LogP contribution in [0.2, 0.25) is 0 Å². The van der Waals surface area contributed by atoms with E-state index < -0.39 is 0 Å². The van der Waals surface area contributed by atoms with E-state index in [-0.39, 0.29) is 0 Å². The first kappa shape index (κ1) is 22.1. The summed E-state index contributed by atoms with van der Waals surface area (Å²) in [5.74, 6) is 1.28. The second-order valence-electron chi connectivity index (χ2n) is 8.64. The summed E-state index contributed by atoms with van der Waals surface area (Å²) >= 11 is 1.85. The molecule has 1 heterocycles. The standard InChI is InChI=1S/C28H34N2S/c1-29(31-28-15-9-4-10-16-28)23-27(25-13-7-3-8-14-25)19-22-30-20-17-26(18-21-30)24-11-5-2-6-12-24/h2-16,26-27H,17-23H2,1H3. The minimum Gasteiger partial charge on any atom is -0.303 e. The summed E-state index contributed by atoms with van der Waals surface area (Å²) in [5, 5.41) is 0. The van der Waals surface area contributed by atoms with Gasteiger partial charge >= 0.3 is 0 Å². The van der Waals surface area contributed by atoms with E-state index in [2.05, 4.69) is 107 Å². The Hall–Kier alpha value is -2.07. The van der Waals surface area contributed by atoms with Crippen LogP contribution < -0.4 is 0 Å². The zero-order valence-electron chi connectivity index (χ0n) is 18.6. The number of likely N-dealkylation sites (tertiary alicyclic amines) is 1. The molecule has 1 fully saturated rings. The molecule has 1 unspecified atom stereocenters. The fourth-order valence-electron chi connectivity index (χ4n) is 4.65. The van der Waals surface area contributed by atoms with Crippen molar-refractivity contribution in [2.45, 2.75) is 36.0 Å². The van der Waals surface area contributed by atoms with Gasteiger partial charge in [0.2, 0.25) is 0 Å². The molecule has 1 atom stereocenters. The minimum atomic E-state index is 0.550. The van der Waals surface area contributed by atoms with Gasteiger partial charge in [0.05, 0.1) is 0 Å². The molecule has 1 aliphatic rings. The first-order chi connectivity index (χ1) is 15.3. The van der Waals surface area contributed by atoms with Crippen LogP contribution in [0, 0.1) is 0 Å². The van der Waals surface area contributed by atoms with Crippen LogP contribution in [-0.4, -0.2) is 42.4 Å². The fraction of sp³-hybridized carbons (Fsp3) is 0.357. The minimum absolute atomic E-state index is 0.550. The lowest BCUT2D eigenvalue weighted by Crippen LogP contribution is -2.35. The van der Waals surface area contributed by atoms with Crippen molar-refractivity contribution < 1.29 is 0 Å². The van der Waals surface area contributed by atoms with Gasteiger partial charge in [0.1, 0.15) is 0 Å². The molecule has 31 heavy (non-hydrogen) atoms. The van der Waals surface area contributed by atoms with Crippen molar-refractivity contribution in [3.63, 3.8) is 0 Å². The summed E-state index contributed by atoms with van der Waals surface area (Å²) in [6.07, 6.45) is 3.77. The zero-order chi connectivity index (χ0) is 21.3. The number of rotatable bonds is 9. The van der Waals surface area contributed by atoms with Crippen molar-refractivity contribution >= 4 is 11.9 Å². The van der Waals surface area contributed by atoms with Crippen LogP contribution in [0.15, 0.2) is 95.9 Å². The smallest absolute Gasteiger partial charge is 0.0230 e. The van der Waals surface area contributed by atoms with Gasteiger partial charge in [0.15, 0.2) is 0 Å². The van der Waals surface area contributed by atoms with Gasteiger partial charge in [-0.25, -0.2) is 4.31 Å². The number of hydrogen-bond acceptors (Lipinski definition) is 3. The van der Waals surface area contributed by atoms with E-state index in [4.69, 9.17) is 0 Å². The second-order valence-corrected chi connectivity index (χ2v) is 9.92. The second kappa shape index (κ2) is 11.5. The van der Waals surface area contributed by atoms with E-state index in [0.717, 1.165) is 12.5 Å². The summed E-state index contributed by atoms with van der Waals surface area (Å²) in [6.45, 7) is 4.68. The van der Waals surface area contributed by atoms with Crippen LogP contribution in [0.3, 0.4) is 0 Å². The van der Waals surface area contributed by atoms with Crippen LogP contribution in [0.5, 0.6) is 0 Å². The fourth-order valence-corrected chi connectivity index (χ4v) is 5.54. The van der Waals surface area contributed by atoms with Crippen molar-refractivity contribution in [2.24, 2.45) is 0 Å². The number of benzene rings is 3. The van der Waals surface area contributed by atoms with Gasteiger partial charge in [0.25, 0.3) is 0 Å². The highest BCUT2D eigenvalue weighted by atomic mass is 32.2. The SMILES string of the molecule is CN(CC(CCN1CCC(c2ccccc2)CC1)c1ccccc1)Sc1ccccc1. The molecule has 0 saturated carbocycles. The predicted octanol–water partition coefficient (Wildman–Crippen LogP) is 6.68. The van der Waals surface area contributed by atoms with Crippen LogP contribution in [0.25, 0.3) is 0 Å². The summed E-state index contributed by atoms with van der Waals surface area (Å²) in [4.78, 5) is 3.99. The summed E-state index contributed by atoms with van der Waals surface area (Å²) in [7, 11) is 2.22. The molecule has 2 nitrogen and oxygen atoms in total. The van der Waals surface area contributed by atoms with Gasteiger partial charge in [0, 0.05) is 11.4 Å². The number of hydrogen-bond donors (Lipinski definition) is 0. The van der Waals surface area contributed by atoms with Crippen molar-refractivity contribution in [1.29, 1.82) is 0 Å². The van der Waals surface area contributed by atoms with Gasteiger partial charge in [-0.15, -0.1) is 0 Å². The Morgan fingerprint density at radius 2 is 1.42 bits per heavy atom. The van der Waals surface area contributed by atoms with E-state index in [9.17, 15) is 0 Å². The van der Waals surface area contributed by atoms with E-state index in [1.165, 1.54) is 54.9 Å². The number of nitrogens with zero attached hydrogens (tertiary/aromatic N) is 2. The first-order valence-electron chi connectivity index (χ1n) is 11.5. The van der Waals surface area contributed by atoms with Crippen molar-refractivity contribution in [3.05, 3.63) is 102 Å². The van der Waals surface area contributed by atoms with Gasteiger partial charge < -0.3 is 4.90 Å². The lowest BCUT2D eigenvalue weighted by molar-refractivity contribution is 0.203. The third-order valence-electron chi connectivity index (χ3n) is 6.41. The highest BCUT2D eigenvalue weighted by molar-refractivity contribution is 7.97. The Kier molecular flexibility index (Phi) is 8.23. The molecular formula is C28H34N2S. The monoisotopic (exact) mass is 430 g/mol. The van der Waals surface area contributed by atoms with Crippen LogP contribution in [0.4, 0.5) is 0 Å². The number of piperidine rings is 1. The van der Waals surface area contributed by atoms with Crippen molar-refractivity contribution in [1.82, 2.24) is 9.21 Å². The molecule has 0 bridgehead atoms. The van der Waals surface area contributed by atoms with E-state index in [1.54, 1.807) is 0 Å². The summed E-state index contributed by atoms with van der Waals surface area (Å²) in [6, 6.07) is 32.8. The maximum Gasteiger partial charge on any atom is 0.0230 e. The molecule has 4 rings (SSSR count). The predicted molar refractivity (Wildman–Crippen MR) is 134 cm³/mol. The molecule has 0 amide bonds. The lowest BCUT2D eigenvalue weighted by atomic mass is 9.89. The Morgan fingerprint density at radius 1 is 0.839 bits per heavy atom. The molecule has 1 saturated heterocycles. The molecule has 3 heteroatoms. The van der Waals surface area contributed by atoms with Crippen LogP contribution in [0.1, 0.15) is 42.2 Å². The normalized spacial score (nSPS) is 16.5. The average Bonchev–Trinajstić information content (AvgIpc) is 2.84. The molecule has 0 aliphatic carbocycles. The van der Waals surface area contributed by atoms with Gasteiger partial charge in [-0.1, -0.05) is 78.9 Å². The average molecular weight is 431 g/mol. The Morgan fingerprint density at radius 3 is 2.06 bits per heavy atom. The molecule has 0 aromatic heterocycles. The molecule has 1 aliphatic heterocycles. The van der Waals surface area contributed by atoms with Gasteiger partial charge in [-0.3, -0.25) is 0 Å². The third-order valence-corrected chi connectivity index (χ3v) is 7.35. The van der Waals surface area contributed by atoms with E-state index >= 15 is 0 Å². The maximum atomic E-state index is 2.68. The molecular weight excluding hydrogens is 396 g/mol. The van der Waals surface area contributed by atoms with Crippen LogP contribution in [-0.2, 0) is 0 Å². The maximum absolute atomic E-state index is 2.68. The largest absolute Gasteiger partial charge is 0.303 e. The molecule has 162 valence electrons. The molecule has 0 spiro atoms. The highest BCUT2D eigenvalue weighted by Gasteiger charge is 2.22. The molecule has 3 aromatic rings. The van der Waals surface area contributed by atoms with Gasteiger partial charge in [-0.2, -0.15) is 0 Å². The van der Waals surface area contributed by atoms with E-state index in [0.29, 0.717) is 5.92 Å². The molecule has 3 aromatic carbocycles. The quantitative estimate of drug-likeness (QED) is 0.350. The van der Waals surface area contributed by atoms with E-state index in [1.807, 2.05) is 11.9 Å².